The number of thiophene rings is 1. The number of aliphatic hydroxyl groups is 1. The molecule has 0 saturated carbocycles. The lowest BCUT2D eigenvalue weighted by Crippen LogP contribution is -2.47. The van der Waals surface area contributed by atoms with Crippen LogP contribution in [-0.2, 0) is 0 Å². The van der Waals surface area contributed by atoms with Crippen LogP contribution in [0.2, 0.25) is 0 Å². The molecule has 0 aliphatic carbocycles. The molecule has 0 radical (unpaired) electrons. The molecular weight excluding hydrogens is 246 g/mol. The molecule has 0 fully saturated rings. The van der Waals surface area contributed by atoms with Crippen molar-refractivity contribution in [1.82, 2.24) is 4.90 Å². The van der Waals surface area contributed by atoms with Crippen molar-refractivity contribution in [3.05, 3.63) is 35.2 Å². The minimum Gasteiger partial charge on any atom is -0.394 e. The Morgan fingerprint density at radius 2 is 2.06 bits per heavy atom. The van der Waals surface area contributed by atoms with Crippen molar-refractivity contribution in [2.75, 3.05) is 13.7 Å². The van der Waals surface area contributed by atoms with Gasteiger partial charge >= 0.3 is 0 Å². The van der Waals surface area contributed by atoms with E-state index in [2.05, 4.69) is 0 Å². The highest BCUT2D eigenvalue weighted by molar-refractivity contribution is 7.20. The highest BCUT2D eigenvalue weighted by atomic mass is 32.1. The summed E-state index contributed by atoms with van der Waals surface area (Å²) in [5.74, 6) is -0.0461. The molecule has 0 bridgehead atoms. The second-order valence-corrected chi connectivity index (χ2v) is 6.07. The lowest BCUT2D eigenvalue weighted by Gasteiger charge is -2.33. The summed E-state index contributed by atoms with van der Waals surface area (Å²) in [6.45, 7) is 3.64. The molecule has 4 heteroatoms. The molecule has 3 nitrogen and oxygen atoms in total. The van der Waals surface area contributed by atoms with Crippen molar-refractivity contribution < 1.29 is 9.90 Å². The van der Waals surface area contributed by atoms with Gasteiger partial charge in [0.2, 0.25) is 0 Å². The first-order valence-electron chi connectivity index (χ1n) is 5.83. The van der Waals surface area contributed by atoms with Crippen molar-refractivity contribution in [3.63, 3.8) is 0 Å². The molecule has 96 valence electrons. The van der Waals surface area contributed by atoms with Crippen molar-refractivity contribution in [1.29, 1.82) is 0 Å². The molecule has 18 heavy (non-hydrogen) atoms. The summed E-state index contributed by atoms with van der Waals surface area (Å²) in [4.78, 5) is 14.6. The third kappa shape index (κ3) is 2.26. The van der Waals surface area contributed by atoms with Crippen molar-refractivity contribution in [2.24, 2.45) is 0 Å². The molecule has 0 unspecified atom stereocenters. The van der Waals surface area contributed by atoms with E-state index in [1.54, 1.807) is 11.9 Å². The Morgan fingerprint density at radius 1 is 1.39 bits per heavy atom. The highest BCUT2D eigenvalue weighted by Crippen LogP contribution is 2.27. The van der Waals surface area contributed by atoms with Gasteiger partial charge in [-0.2, -0.15) is 0 Å². The molecule has 1 aromatic heterocycles. The number of nitrogens with zero attached hydrogens (tertiary/aromatic N) is 1. The van der Waals surface area contributed by atoms with Gasteiger partial charge in [0.05, 0.1) is 17.0 Å². The van der Waals surface area contributed by atoms with E-state index >= 15 is 0 Å². The standard InChI is InChI=1S/C14H17NO2S/c1-14(2,9-16)15(3)13(17)12-8-10-6-4-5-7-11(10)18-12/h4-8,16H,9H2,1-3H3. The molecule has 0 atom stereocenters. The van der Waals surface area contributed by atoms with Crippen LogP contribution in [-0.4, -0.2) is 35.1 Å². The Bertz CT molecular complexity index is 541. The fourth-order valence-electron chi connectivity index (χ4n) is 1.63. The summed E-state index contributed by atoms with van der Waals surface area (Å²) in [5, 5.41) is 10.4. The summed E-state index contributed by atoms with van der Waals surface area (Å²) < 4.78 is 1.11. The van der Waals surface area contributed by atoms with Crippen LogP contribution in [0.25, 0.3) is 10.1 Å². The van der Waals surface area contributed by atoms with Gasteiger partial charge in [0.15, 0.2) is 0 Å². The van der Waals surface area contributed by atoms with E-state index in [4.69, 9.17) is 0 Å². The maximum atomic E-state index is 12.3. The number of hydrogen-bond donors (Lipinski definition) is 1. The first-order valence-corrected chi connectivity index (χ1v) is 6.65. The second-order valence-electron chi connectivity index (χ2n) is 4.98. The third-order valence-corrected chi connectivity index (χ3v) is 4.34. The van der Waals surface area contributed by atoms with E-state index < -0.39 is 5.54 Å². The molecule has 1 aromatic carbocycles. The molecule has 0 spiro atoms. The number of aliphatic hydroxyl groups excluding tert-OH is 1. The van der Waals surface area contributed by atoms with Gasteiger partial charge in [-0.25, -0.2) is 0 Å². The number of carbonyl (C=O) groups is 1. The van der Waals surface area contributed by atoms with Gasteiger partial charge in [-0.15, -0.1) is 11.3 Å². The van der Waals surface area contributed by atoms with E-state index in [1.807, 2.05) is 44.2 Å². The topological polar surface area (TPSA) is 40.5 Å². The number of fused-ring (bicyclic) bond motifs is 1. The number of rotatable bonds is 3. The molecule has 1 N–H and O–H groups in total. The molecule has 0 aliphatic rings. The first-order chi connectivity index (χ1) is 8.45. The van der Waals surface area contributed by atoms with Crippen LogP contribution in [0.5, 0.6) is 0 Å². The Kier molecular flexibility index (Phi) is 3.41. The normalized spacial score (nSPS) is 11.8. The summed E-state index contributed by atoms with van der Waals surface area (Å²) in [6.07, 6.45) is 0. The highest BCUT2D eigenvalue weighted by Gasteiger charge is 2.28. The van der Waals surface area contributed by atoms with Gasteiger partial charge in [-0.1, -0.05) is 18.2 Å². The van der Waals surface area contributed by atoms with Crippen LogP contribution >= 0.6 is 11.3 Å². The average molecular weight is 263 g/mol. The number of amides is 1. The second kappa shape index (κ2) is 4.71. The first kappa shape index (κ1) is 13.1. The van der Waals surface area contributed by atoms with Crippen LogP contribution in [0.4, 0.5) is 0 Å². The maximum Gasteiger partial charge on any atom is 0.264 e. The van der Waals surface area contributed by atoms with Crippen molar-refractivity contribution in [3.8, 4) is 0 Å². The van der Waals surface area contributed by atoms with Crippen molar-refractivity contribution >= 4 is 27.3 Å². The zero-order chi connectivity index (χ0) is 13.3. The van der Waals surface area contributed by atoms with Crippen LogP contribution in [0, 0.1) is 0 Å². The van der Waals surface area contributed by atoms with Crippen LogP contribution in [0.15, 0.2) is 30.3 Å². The summed E-state index contributed by atoms with van der Waals surface area (Å²) in [7, 11) is 1.73. The van der Waals surface area contributed by atoms with E-state index in [-0.39, 0.29) is 12.5 Å². The monoisotopic (exact) mass is 263 g/mol. The fraction of sp³-hybridized carbons (Fsp3) is 0.357. The van der Waals surface area contributed by atoms with E-state index in [9.17, 15) is 9.90 Å². The van der Waals surface area contributed by atoms with Crippen LogP contribution < -0.4 is 0 Å². The lowest BCUT2D eigenvalue weighted by atomic mass is 10.1. The van der Waals surface area contributed by atoms with Crippen LogP contribution in [0.3, 0.4) is 0 Å². The predicted octanol–water partition coefficient (Wildman–Crippen LogP) is 2.74. The van der Waals surface area contributed by atoms with Crippen molar-refractivity contribution in [2.45, 2.75) is 19.4 Å². The lowest BCUT2D eigenvalue weighted by molar-refractivity contribution is 0.0478. The number of carbonyl (C=O) groups excluding carboxylic acids is 1. The Balaban J connectivity index is 2.34. The van der Waals surface area contributed by atoms with E-state index in [0.29, 0.717) is 4.88 Å². The summed E-state index contributed by atoms with van der Waals surface area (Å²) in [6, 6.07) is 9.85. The van der Waals surface area contributed by atoms with Gasteiger partial charge in [0.25, 0.3) is 5.91 Å². The fourth-order valence-corrected chi connectivity index (χ4v) is 2.67. The smallest absolute Gasteiger partial charge is 0.264 e. The van der Waals surface area contributed by atoms with E-state index in [1.165, 1.54) is 11.3 Å². The SMILES string of the molecule is CN(C(=O)c1cc2ccccc2s1)C(C)(C)CO. The quantitative estimate of drug-likeness (QED) is 0.925. The Morgan fingerprint density at radius 3 is 2.67 bits per heavy atom. The number of likely N-dealkylation sites (N-methyl/N-ethyl adjacent to an activating group) is 1. The van der Waals surface area contributed by atoms with Gasteiger partial charge in [-0.05, 0) is 31.4 Å². The Hall–Kier alpha value is -1.39. The molecule has 1 amide bonds. The maximum absolute atomic E-state index is 12.3. The Labute approximate surface area is 111 Å². The van der Waals surface area contributed by atoms with Crippen LogP contribution in [0.1, 0.15) is 23.5 Å². The predicted molar refractivity (Wildman–Crippen MR) is 75.1 cm³/mol. The average Bonchev–Trinajstić information content (AvgIpc) is 2.80. The molecule has 0 aliphatic heterocycles. The van der Waals surface area contributed by atoms with E-state index in [0.717, 1.165) is 10.1 Å². The molecule has 2 aromatic rings. The number of hydrogen-bond acceptors (Lipinski definition) is 3. The van der Waals surface area contributed by atoms with Gasteiger partial charge in [0, 0.05) is 11.7 Å². The largest absolute Gasteiger partial charge is 0.394 e. The summed E-state index contributed by atoms with van der Waals surface area (Å²) in [5.41, 5.74) is -0.548. The van der Waals surface area contributed by atoms with Gasteiger partial charge in [-0.3, -0.25) is 4.79 Å². The van der Waals surface area contributed by atoms with Gasteiger partial charge in [0.1, 0.15) is 0 Å². The van der Waals surface area contributed by atoms with Gasteiger partial charge < -0.3 is 10.0 Å². The minimum atomic E-state index is -0.548. The zero-order valence-corrected chi connectivity index (χ0v) is 11.6. The third-order valence-electron chi connectivity index (χ3n) is 3.24. The molecular formula is C14H17NO2S. The molecule has 0 saturated heterocycles. The minimum absolute atomic E-state index is 0.0461. The molecule has 2 rings (SSSR count). The number of benzene rings is 1. The summed E-state index contributed by atoms with van der Waals surface area (Å²) >= 11 is 1.49. The zero-order valence-electron chi connectivity index (χ0n) is 10.8. The molecule has 1 heterocycles.